The van der Waals surface area contributed by atoms with Gasteiger partial charge >= 0.3 is 0 Å². The van der Waals surface area contributed by atoms with Crippen molar-refractivity contribution >= 4 is 11.8 Å². The van der Waals surface area contributed by atoms with Gasteiger partial charge in [-0.1, -0.05) is 60.7 Å². The van der Waals surface area contributed by atoms with Crippen LogP contribution in [0.3, 0.4) is 0 Å². The topological polar surface area (TPSA) is 75.2 Å². The van der Waals surface area contributed by atoms with Crippen molar-refractivity contribution < 1.29 is 9.59 Å². The molecule has 6 heteroatoms. The third-order valence-electron chi connectivity index (χ3n) is 4.74. The summed E-state index contributed by atoms with van der Waals surface area (Å²) in [6.07, 6.45) is 4.00. The van der Waals surface area contributed by atoms with E-state index in [4.69, 9.17) is 0 Å². The molecule has 1 heterocycles. The van der Waals surface area contributed by atoms with Crippen molar-refractivity contribution in [2.45, 2.75) is 26.3 Å². The highest BCUT2D eigenvalue weighted by molar-refractivity contribution is 5.92. The SMILES string of the molecule is Cc1cnc(C(=O)N(CCC(=O)NCc2ccccc2)CCc2ccccc2)cn1. The van der Waals surface area contributed by atoms with Crippen LogP contribution in [0.1, 0.15) is 33.7 Å². The normalized spacial score (nSPS) is 10.4. The Hall–Kier alpha value is -3.54. The number of amides is 2. The monoisotopic (exact) mass is 402 g/mol. The number of aromatic nitrogens is 2. The van der Waals surface area contributed by atoms with Crippen LogP contribution in [0.4, 0.5) is 0 Å². The molecule has 1 N–H and O–H groups in total. The molecule has 0 atom stereocenters. The van der Waals surface area contributed by atoms with Crippen LogP contribution >= 0.6 is 0 Å². The summed E-state index contributed by atoms with van der Waals surface area (Å²) in [6.45, 7) is 3.12. The summed E-state index contributed by atoms with van der Waals surface area (Å²) in [7, 11) is 0. The molecule has 3 aromatic rings. The van der Waals surface area contributed by atoms with Gasteiger partial charge in [0.1, 0.15) is 5.69 Å². The Morgan fingerprint density at radius 3 is 2.17 bits per heavy atom. The maximum absolute atomic E-state index is 13.0. The molecule has 0 saturated carbocycles. The van der Waals surface area contributed by atoms with Crippen LogP contribution in [-0.4, -0.2) is 39.8 Å². The Balaban J connectivity index is 1.60. The first kappa shape index (κ1) is 21.2. The lowest BCUT2D eigenvalue weighted by atomic mass is 10.1. The van der Waals surface area contributed by atoms with E-state index in [2.05, 4.69) is 15.3 Å². The Labute approximate surface area is 177 Å². The first-order valence-electron chi connectivity index (χ1n) is 10.0. The van der Waals surface area contributed by atoms with Gasteiger partial charge < -0.3 is 10.2 Å². The quantitative estimate of drug-likeness (QED) is 0.597. The third-order valence-corrected chi connectivity index (χ3v) is 4.74. The molecule has 0 saturated heterocycles. The van der Waals surface area contributed by atoms with E-state index >= 15 is 0 Å². The van der Waals surface area contributed by atoms with Gasteiger partial charge in [-0.2, -0.15) is 0 Å². The van der Waals surface area contributed by atoms with Gasteiger partial charge in [0.15, 0.2) is 0 Å². The maximum atomic E-state index is 13.0. The van der Waals surface area contributed by atoms with Crippen molar-refractivity contribution in [1.82, 2.24) is 20.2 Å². The van der Waals surface area contributed by atoms with Crippen molar-refractivity contribution in [1.29, 1.82) is 0 Å². The van der Waals surface area contributed by atoms with E-state index in [1.807, 2.05) is 67.6 Å². The average Bonchev–Trinajstić information content (AvgIpc) is 2.79. The summed E-state index contributed by atoms with van der Waals surface area (Å²) in [5.41, 5.74) is 3.22. The van der Waals surface area contributed by atoms with E-state index in [0.29, 0.717) is 31.7 Å². The molecule has 3 rings (SSSR count). The lowest BCUT2D eigenvalue weighted by Gasteiger charge is -2.22. The molecule has 6 nitrogen and oxygen atoms in total. The molecular weight excluding hydrogens is 376 g/mol. The number of hydrogen-bond acceptors (Lipinski definition) is 4. The van der Waals surface area contributed by atoms with Gasteiger partial charge in [0.2, 0.25) is 5.91 Å². The lowest BCUT2D eigenvalue weighted by molar-refractivity contribution is -0.121. The van der Waals surface area contributed by atoms with Gasteiger partial charge in [-0.15, -0.1) is 0 Å². The second kappa shape index (κ2) is 10.9. The summed E-state index contributed by atoms with van der Waals surface area (Å²) >= 11 is 0. The molecule has 154 valence electrons. The highest BCUT2D eigenvalue weighted by atomic mass is 16.2. The molecule has 0 aliphatic heterocycles. The zero-order valence-electron chi connectivity index (χ0n) is 17.1. The molecule has 0 spiro atoms. The summed E-state index contributed by atoms with van der Waals surface area (Å²) in [6, 6.07) is 19.7. The van der Waals surface area contributed by atoms with Gasteiger partial charge in [-0.25, -0.2) is 4.98 Å². The van der Waals surface area contributed by atoms with Crippen LogP contribution in [0.15, 0.2) is 73.1 Å². The van der Waals surface area contributed by atoms with Gasteiger partial charge in [0, 0.05) is 32.3 Å². The van der Waals surface area contributed by atoms with Gasteiger partial charge in [0.05, 0.1) is 11.9 Å². The average molecular weight is 402 g/mol. The van der Waals surface area contributed by atoms with E-state index in [0.717, 1.165) is 16.8 Å². The van der Waals surface area contributed by atoms with Crippen LogP contribution in [0, 0.1) is 6.92 Å². The minimum atomic E-state index is -0.214. The van der Waals surface area contributed by atoms with Crippen molar-refractivity contribution in [3.05, 3.63) is 95.6 Å². The molecule has 0 unspecified atom stereocenters. The highest BCUT2D eigenvalue weighted by Gasteiger charge is 2.18. The van der Waals surface area contributed by atoms with Crippen molar-refractivity contribution in [2.75, 3.05) is 13.1 Å². The summed E-state index contributed by atoms with van der Waals surface area (Å²) in [5, 5.41) is 2.91. The second-order valence-corrected chi connectivity index (χ2v) is 7.08. The fourth-order valence-corrected chi connectivity index (χ4v) is 3.01. The highest BCUT2D eigenvalue weighted by Crippen LogP contribution is 2.07. The summed E-state index contributed by atoms with van der Waals surface area (Å²) < 4.78 is 0. The van der Waals surface area contributed by atoms with E-state index in [1.54, 1.807) is 11.1 Å². The molecule has 0 bridgehead atoms. The number of nitrogens with zero attached hydrogens (tertiary/aromatic N) is 3. The van der Waals surface area contributed by atoms with Crippen molar-refractivity contribution in [2.24, 2.45) is 0 Å². The van der Waals surface area contributed by atoms with E-state index < -0.39 is 0 Å². The summed E-state index contributed by atoms with van der Waals surface area (Å²) in [4.78, 5) is 35.3. The number of benzene rings is 2. The van der Waals surface area contributed by atoms with Crippen molar-refractivity contribution in [3.63, 3.8) is 0 Å². The largest absolute Gasteiger partial charge is 0.352 e. The van der Waals surface area contributed by atoms with Gasteiger partial charge in [0.25, 0.3) is 5.91 Å². The third kappa shape index (κ3) is 6.51. The first-order chi connectivity index (χ1) is 14.6. The van der Waals surface area contributed by atoms with Crippen LogP contribution in [-0.2, 0) is 17.8 Å². The van der Waals surface area contributed by atoms with Crippen LogP contribution in [0.5, 0.6) is 0 Å². The Bertz CT molecular complexity index is 944. The number of rotatable bonds is 9. The van der Waals surface area contributed by atoms with Crippen LogP contribution < -0.4 is 5.32 Å². The number of hydrogen-bond donors (Lipinski definition) is 1. The number of aryl methyl sites for hydroxylation is 1. The number of carbonyl (C=O) groups is 2. The molecule has 2 aromatic carbocycles. The molecule has 30 heavy (non-hydrogen) atoms. The molecule has 0 fully saturated rings. The van der Waals surface area contributed by atoms with E-state index in [1.165, 1.54) is 6.20 Å². The standard InChI is InChI=1S/C24H26N4O2/c1-19-16-26-22(18-25-19)24(30)28(14-12-20-8-4-2-5-9-20)15-13-23(29)27-17-21-10-6-3-7-11-21/h2-11,16,18H,12-15,17H2,1H3,(H,27,29). The first-order valence-corrected chi connectivity index (χ1v) is 10.0. The lowest BCUT2D eigenvalue weighted by Crippen LogP contribution is -2.37. The minimum absolute atomic E-state index is 0.0913. The second-order valence-electron chi connectivity index (χ2n) is 7.08. The van der Waals surface area contributed by atoms with Crippen molar-refractivity contribution in [3.8, 4) is 0 Å². The molecular formula is C24H26N4O2. The van der Waals surface area contributed by atoms with Crippen LogP contribution in [0.2, 0.25) is 0 Å². The summed E-state index contributed by atoms with van der Waals surface area (Å²) in [5.74, 6) is -0.305. The van der Waals surface area contributed by atoms with Crippen LogP contribution in [0.25, 0.3) is 0 Å². The number of nitrogens with one attached hydrogen (secondary N) is 1. The number of carbonyl (C=O) groups excluding carboxylic acids is 2. The fraction of sp³-hybridized carbons (Fsp3) is 0.250. The molecule has 0 aliphatic rings. The van der Waals surface area contributed by atoms with Gasteiger partial charge in [-0.3, -0.25) is 14.6 Å². The van der Waals surface area contributed by atoms with E-state index in [9.17, 15) is 9.59 Å². The van der Waals surface area contributed by atoms with Gasteiger partial charge in [-0.05, 0) is 24.5 Å². The molecule has 0 aliphatic carbocycles. The molecule has 0 radical (unpaired) electrons. The molecule has 2 amide bonds. The zero-order valence-corrected chi connectivity index (χ0v) is 17.1. The predicted octanol–water partition coefficient (Wildman–Crippen LogP) is 3.18. The Kier molecular flexibility index (Phi) is 7.66. The Morgan fingerprint density at radius 1 is 0.867 bits per heavy atom. The predicted molar refractivity (Wildman–Crippen MR) is 116 cm³/mol. The van der Waals surface area contributed by atoms with E-state index in [-0.39, 0.29) is 18.2 Å². The smallest absolute Gasteiger partial charge is 0.274 e. The Morgan fingerprint density at radius 2 is 1.53 bits per heavy atom. The zero-order chi connectivity index (χ0) is 21.2. The maximum Gasteiger partial charge on any atom is 0.274 e. The fourth-order valence-electron chi connectivity index (χ4n) is 3.01. The minimum Gasteiger partial charge on any atom is -0.352 e. The molecule has 1 aromatic heterocycles.